The van der Waals surface area contributed by atoms with Crippen LogP contribution in [0.25, 0.3) is 0 Å². The van der Waals surface area contributed by atoms with E-state index in [-0.39, 0.29) is 0 Å². The second-order valence-electron chi connectivity index (χ2n) is 6.92. The molecule has 1 aliphatic carbocycles. The van der Waals surface area contributed by atoms with Gasteiger partial charge in [-0.1, -0.05) is 13.8 Å². The molecule has 1 saturated carbocycles. The molecule has 4 nitrogen and oxygen atoms in total. The van der Waals surface area contributed by atoms with Crippen LogP contribution in [0.4, 0.5) is 0 Å². The molecular formula is C15H30N2O2S. The van der Waals surface area contributed by atoms with Crippen molar-refractivity contribution in [1.82, 2.24) is 10.2 Å². The lowest BCUT2D eigenvalue weighted by Gasteiger charge is -2.41. The summed E-state index contributed by atoms with van der Waals surface area (Å²) < 4.78 is 23.4. The molecule has 118 valence electrons. The number of hydrogen-bond donors (Lipinski definition) is 1. The zero-order valence-corrected chi connectivity index (χ0v) is 14.0. The first kappa shape index (κ1) is 16.2. The van der Waals surface area contributed by atoms with E-state index in [1.165, 1.54) is 12.8 Å². The molecule has 1 N–H and O–H groups in total. The molecule has 5 heteroatoms. The van der Waals surface area contributed by atoms with Gasteiger partial charge in [0.1, 0.15) is 0 Å². The Bertz CT molecular complexity index is 410. The third-order valence-electron chi connectivity index (χ3n) is 5.17. The molecule has 2 aliphatic rings. The summed E-state index contributed by atoms with van der Waals surface area (Å²) >= 11 is 0. The molecule has 0 aromatic heterocycles. The Morgan fingerprint density at radius 2 is 1.90 bits per heavy atom. The number of rotatable bonds is 3. The fraction of sp³-hybridized carbons (Fsp3) is 1.00. The molecular weight excluding hydrogens is 272 g/mol. The van der Waals surface area contributed by atoms with Crippen LogP contribution in [-0.4, -0.2) is 57.5 Å². The number of hydrogen-bond acceptors (Lipinski definition) is 4. The molecule has 0 aromatic rings. The third-order valence-corrected chi connectivity index (χ3v) is 6.88. The van der Waals surface area contributed by atoms with Crippen LogP contribution in [0.3, 0.4) is 0 Å². The predicted octanol–water partition coefficient (Wildman–Crippen LogP) is 1.38. The van der Waals surface area contributed by atoms with Gasteiger partial charge < -0.3 is 10.2 Å². The molecule has 20 heavy (non-hydrogen) atoms. The molecule has 4 atom stereocenters. The molecule has 1 heterocycles. The highest BCUT2D eigenvalue weighted by atomic mass is 32.2. The van der Waals surface area contributed by atoms with Gasteiger partial charge in [0.2, 0.25) is 0 Å². The van der Waals surface area contributed by atoms with Crippen molar-refractivity contribution in [2.24, 2.45) is 17.8 Å². The van der Waals surface area contributed by atoms with Crippen LogP contribution in [-0.2, 0) is 9.84 Å². The van der Waals surface area contributed by atoms with E-state index in [1.807, 2.05) is 0 Å². The van der Waals surface area contributed by atoms with E-state index in [0.29, 0.717) is 23.5 Å². The zero-order chi connectivity index (χ0) is 14.8. The summed E-state index contributed by atoms with van der Waals surface area (Å²) in [5, 5.41) is 3.49. The van der Waals surface area contributed by atoms with Crippen LogP contribution in [0.5, 0.6) is 0 Å². The van der Waals surface area contributed by atoms with E-state index >= 15 is 0 Å². The Morgan fingerprint density at radius 1 is 1.15 bits per heavy atom. The van der Waals surface area contributed by atoms with Crippen LogP contribution in [0.15, 0.2) is 0 Å². The minimum Gasteiger partial charge on any atom is -0.317 e. The lowest BCUT2D eigenvalue weighted by atomic mass is 9.72. The van der Waals surface area contributed by atoms with Gasteiger partial charge in [-0.2, -0.15) is 0 Å². The number of sulfone groups is 1. The SMILES string of the molecule is CNC1CC(C)CC(C)C1CN1CCCS(=O)(=O)CC1. The van der Waals surface area contributed by atoms with E-state index in [1.54, 1.807) is 0 Å². The molecule has 1 saturated heterocycles. The Labute approximate surface area is 124 Å². The molecule has 4 unspecified atom stereocenters. The van der Waals surface area contributed by atoms with E-state index < -0.39 is 9.84 Å². The fourth-order valence-corrected chi connectivity index (χ4v) is 5.33. The van der Waals surface area contributed by atoms with Crippen molar-refractivity contribution in [3.05, 3.63) is 0 Å². The van der Waals surface area contributed by atoms with Crippen molar-refractivity contribution in [3.8, 4) is 0 Å². The fourth-order valence-electron chi connectivity index (χ4n) is 4.02. The molecule has 0 spiro atoms. The topological polar surface area (TPSA) is 49.4 Å². The maximum Gasteiger partial charge on any atom is 0.151 e. The molecule has 2 rings (SSSR count). The van der Waals surface area contributed by atoms with E-state index in [2.05, 4.69) is 31.1 Å². The summed E-state index contributed by atoms with van der Waals surface area (Å²) in [6.07, 6.45) is 3.34. The Kier molecular flexibility index (Phi) is 5.49. The summed E-state index contributed by atoms with van der Waals surface area (Å²) in [5.74, 6) is 2.88. The van der Waals surface area contributed by atoms with Crippen molar-refractivity contribution < 1.29 is 8.42 Å². The maximum absolute atomic E-state index is 11.7. The summed E-state index contributed by atoms with van der Waals surface area (Å²) in [6, 6.07) is 0.577. The Balaban J connectivity index is 1.97. The molecule has 0 amide bonds. The second-order valence-corrected chi connectivity index (χ2v) is 9.22. The van der Waals surface area contributed by atoms with Gasteiger partial charge in [-0.15, -0.1) is 0 Å². The minimum atomic E-state index is -2.79. The predicted molar refractivity (Wildman–Crippen MR) is 83.6 cm³/mol. The second kappa shape index (κ2) is 6.75. The van der Waals surface area contributed by atoms with Gasteiger partial charge in [0.15, 0.2) is 9.84 Å². The highest BCUT2D eigenvalue weighted by molar-refractivity contribution is 7.91. The van der Waals surface area contributed by atoms with Gasteiger partial charge in [-0.3, -0.25) is 0 Å². The lowest BCUT2D eigenvalue weighted by Crippen LogP contribution is -2.48. The smallest absolute Gasteiger partial charge is 0.151 e. The molecule has 0 bridgehead atoms. The van der Waals surface area contributed by atoms with Crippen LogP contribution < -0.4 is 5.32 Å². The highest BCUT2D eigenvalue weighted by Gasteiger charge is 2.34. The monoisotopic (exact) mass is 302 g/mol. The third kappa shape index (κ3) is 4.18. The quantitative estimate of drug-likeness (QED) is 0.855. The normalized spacial score (nSPS) is 39.4. The standard InChI is InChI=1S/C15H30N2O2S/c1-12-9-13(2)14(15(10-12)16-3)11-17-5-4-7-20(18,19)8-6-17/h12-16H,4-11H2,1-3H3. The Morgan fingerprint density at radius 3 is 2.60 bits per heavy atom. The zero-order valence-electron chi connectivity index (χ0n) is 13.1. The average molecular weight is 302 g/mol. The molecule has 0 radical (unpaired) electrons. The van der Waals surface area contributed by atoms with Gasteiger partial charge in [-0.05, 0) is 50.6 Å². The maximum atomic E-state index is 11.7. The van der Waals surface area contributed by atoms with Gasteiger partial charge in [0.05, 0.1) is 11.5 Å². The van der Waals surface area contributed by atoms with Crippen LogP contribution >= 0.6 is 0 Å². The van der Waals surface area contributed by atoms with Crippen molar-refractivity contribution in [2.75, 3.05) is 38.2 Å². The lowest BCUT2D eigenvalue weighted by molar-refractivity contribution is 0.108. The van der Waals surface area contributed by atoms with Gasteiger partial charge in [0, 0.05) is 19.1 Å². The minimum absolute atomic E-state index is 0.342. The van der Waals surface area contributed by atoms with Gasteiger partial charge in [-0.25, -0.2) is 8.42 Å². The van der Waals surface area contributed by atoms with Gasteiger partial charge in [0.25, 0.3) is 0 Å². The van der Waals surface area contributed by atoms with Crippen LogP contribution in [0.1, 0.15) is 33.1 Å². The van der Waals surface area contributed by atoms with Crippen molar-refractivity contribution in [2.45, 2.75) is 39.2 Å². The van der Waals surface area contributed by atoms with Crippen molar-refractivity contribution in [3.63, 3.8) is 0 Å². The van der Waals surface area contributed by atoms with E-state index in [9.17, 15) is 8.42 Å². The summed E-state index contributed by atoms with van der Waals surface area (Å²) in [6.45, 7) is 7.41. The van der Waals surface area contributed by atoms with Crippen LogP contribution in [0.2, 0.25) is 0 Å². The summed E-state index contributed by atoms with van der Waals surface area (Å²) in [4.78, 5) is 2.38. The Hall–Kier alpha value is -0.130. The average Bonchev–Trinajstić information content (AvgIpc) is 2.53. The first-order valence-electron chi connectivity index (χ1n) is 8.01. The van der Waals surface area contributed by atoms with Gasteiger partial charge >= 0.3 is 0 Å². The largest absolute Gasteiger partial charge is 0.317 e. The van der Waals surface area contributed by atoms with E-state index in [0.717, 1.165) is 37.9 Å². The first-order valence-corrected chi connectivity index (χ1v) is 9.83. The van der Waals surface area contributed by atoms with Crippen LogP contribution in [0, 0.1) is 17.8 Å². The molecule has 2 fully saturated rings. The highest BCUT2D eigenvalue weighted by Crippen LogP contribution is 2.34. The van der Waals surface area contributed by atoms with E-state index in [4.69, 9.17) is 0 Å². The summed E-state index contributed by atoms with van der Waals surface area (Å²) in [7, 11) is -0.727. The molecule has 1 aliphatic heterocycles. The number of nitrogens with one attached hydrogen (secondary N) is 1. The summed E-state index contributed by atoms with van der Waals surface area (Å²) in [5.41, 5.74) is 0. The van der Waals surface area contributed by atoms with Crippen molar-refractivity contribution in [1.29, 1.82) is 0 Å². The molecule has 0 aromatic carbocycles. The number of nitrogens with zero attached hydrogens (tertiary/aromatic N) is 1. The first-order chi connectivity index (χ1) is 9.41. The van der Waals surface area contributed by atoms with Crippen molar-refractivity contribution >= 4 is 9.84 Å².